The van der Waals surface area contributed by atoms with Crippen LogP contribution in [0.4, 0.5) is 0 Å². The molecule has 0 aromatic rings. The van der Waals surface area contributed by atoms with E-state index >= 15 is 0 Å². The molecule has 0 radical (unpaired) electrons. The van der Waals surface area contributed by atoms with Crippen molar-refractivity contribution in [3.63, 3.8) is 0 Å². The minimum Gasteiger partial charge on any atom is -0.0853 e. The van der Waals surface area contributed by atoms with Crippen molar-refractivity contribution in [1.82, 2.24) is 0 Å². The molecule has 1 aliphatic carbocycles. The highest BCUT2D eigenvalue weighted by Gasteiger charge is 2.27. The van der Waals surface area contributed by atoms with Gasteiger partial charge in [0.1, 0.15) is 0 Å². The van der Waals surface area contributed by atoms with Crippen molar-refractivity contribution < 1.29 is 0 Å². The summed E-state index contributed by atoms with van der Waals surface area (Å²) >= 11 is 0. The lowest BCUT2D eigenvalue weighted by Gasteiger charge is -1.90. The van der Waals surface area contributed by atoms with Crippen molar-refractivity contribution in [2.75, 3.05) is 0 Å². The van der Waals surface area contributed by atoms with Crippen LogP contribution in [-0.2, 0) is 0 Å². The van der Waals surface area contributed by atoms with Crippen LogP contribution in [0.5, 0.6) is 0 Å². The van der Waals surface area contributed by atoms with Gasteiger partial charge in [-0.25, -0.2) is 0 Å². The summed E-state index contributed by atoms with van der Waals surface area (Å²) in [6.07, 6.45) is 9.27. The van der Waals surface area contributed by atoms with Crippen LogP contribution in [0, 0.1) is 5.92 Å². The SMILES string of the molecule is CCC=C1CC1CCCC. The quantitative estimate of drug-likeness (QED) is 0.521. The molecule has 1 atom stereocenters. The molecule has 1 aliphatic rings. The van der Waals surface area contributed by atoms with Gasteiger partial charge in [-0.2, -0.15) is 0 Å². The first kappa shape index (κ1) is 7.84. The summed E-state index contributed by atoms with van der Waals surface area (Å²) in [5, 5.41) is 0. The average molecular weight is 138 g/mol. The first-order valence-electron chi connectivity index (χ1n) is 4.57. The standard InChI is InChI=1S/C10H18/c1-3-5-7-10-8-9(10)6-4-2/h6,10H,3-5,7-8H2,1-2H3. The van der Waals surface area contributed by atoms with E-state index in [1.165, 1.54) is 32.1 Å². The van der Waals surface area contributed by atoms with Crippen LogP contribution in [0.2, 0.25) is 0 Å². The molecule has 0 saturated heterocycles. The van der Waals surface area contributed by atoms with Crippen LogP contribution in [0.3, 0.4) is 0 Å². The molecule has 0 bridgehead atoms. The molecule has 0 amide bonds. The predicted octanol–water partition coefficient (Wildman–Crippen LogP) is 3.53. The lowest BCUT2D eigenvalue weighted by molar-refractivity contribution is 0.668. The molecule has 0 aromatic carbocycles. The van der Waals surface area contributed by atoms with Gasteiger partial charge >= 0.3 is 0 Å². The summed E-state index contributed by atoms with van der Waals surface area (Å²) in [5.41, 5.74) is 1.73. The van der Waals surface area contributed by atoms with Crippen molar-refractivity contribution in [3.8, 4) is 0 Å². The number of hydrogen-bond donors (Lipinski definition) is 0. The summed E-state index contributed by atoms with van der Waals surface area (Å²) in [6.45, 7) is 4.49. The topological polar surface area (TPSA) is 0 Å². The van der Waals surface area contributed by atoms with Crippen LogP contribution in [0.1, 0.15) is 46.0 Å². The Morgan fingerprint density at radius 1 is 1.50 bits per heavy atom. The van der Waals surface area contributed by atoms with E-state index in [1.54, 1.807) is 5.57 Å². The highest BCUT2D eigenvalue weighted by atomic mass is 14.3. The molecule has 1 fully saturated rings. The van der Waals surface area contributed by atoms with E-state index in [0.717, 1.165) is 5.92 Å². The molecule has 0 aliphatic heterocycles. The van der Waals surface area contributed by atoms with Gasteiger partial charge in [-0.3, -0.25) is 0 Å². The second-order valence-electron chi connectivity index (χ2n) is 3.23. The maximum absolute atomic E-state index is 2.40. The molecule has 1 unspecified atom stereocenters. The number of rotatable bonds is 4. The Bertz CT molecular complexity index is 122. The molecule has 0 aromatic heterocycles. The van der Waals surface area contributed by atoms with Crippen LogP contribution in [0.25, 0.3) is 0 Å². The van der Waals surface area contributed by atoms with Gasteiger partial charge in [-0.15, -0.1) is 0 Å². The maximum Gasteiger partial charge on any atom is -0.0166 e. The summed E-state index contributed by atoms with van der Waals surface area (Å²) in [5.74, 6) is 1.000. The second kappa shape index (κ2) is 3.80. The Balaban J connectivity index is 2.07. The van der Waals surface area contributed by atoms with Crippen molar-refractivity contribution in [3.05, 3.63) is 11.6 Å². The Morgan fingerprint density at radius 2 is 2.30 bits per heavy atom. The van der Waals surface area contributed by atoms with Crippen molar-refractivity contribution >= 4 is 0 Å². The van der Waals surface area contributed by atoms with E-state index in [4.69, 9.17) is 0 Å². The fourth-order valence-electron chi connectivity index (χ4n) is 1.48. The summed E-state index contributed by atoms with van der Waals surface area (Å²) in [7, 11) is 0. The smallest absolute Gasteiger partial charge is 0.0166 e. The fourth-order valence-corrected chi connectivity index (χ4v) is 1.48. The van der Waals surface area contributed by atoms with Crippen molar-refractivity contribution in [2.45, 2.75) is 46.0 Å². The van der Waals surface area contributed by atoms with Crippen LogP contribution in [0.15, 0.2) is 11.6 Å². The molecule has 0 heteroatoms. The van der Waals surface area contributed by atoms with Gasteiger partial charge < -0.3 is 0 Å². The van der Waals surface area contributed by atoms with Crippen LogP contribution >= 0.6 is 0 Å². The van der Waals surface area contributed by atoms with E-state index in [2.05, 4.69) is 19.9 Å². The molecule has 0 N–H and O–H groups in total. The number of allylic oxidation sites excluding steroid dienone is 2. The van der Waals surface area contributed by atoms with Gasteiger partial charge in [0, 0.05) is 0 Å². The van der Waals surface area contributed by atoms with Crippen molar-refractivity contribution in [1.29, 1.82) is 0 Å². The first-order chi connectivity index (χ1) is 4.88. The molecular formula is C10H18. The minimum atomic E-state index is 1.000. The van der Waals surface area contributed by atoms with Gasteiger partial charge in [0.05, 0.1) is 0 Å². The third kappa shape index (κ3) is 2.17. The summed E-state index contributed by atoms with van der Waals surface area (Å²) in [6, 6.07) is 0. The van der Waals surface area contributed by atoms with Gasteiger partial charge in [-0.1, -0.05) is 38.3 Å². The zero-order valence-corrected chi connectivity index (χ0v) is 7.19. The van der Waals surface area contributed by atoms with Crippen LogP contribution < -0.4 is 0 Å². The largest absolute Gasteiger partial charge is 0.0853 e. The van der Waals surface area contributed by atoms with E-state index in [0.29, 0.717) is 0 Å². The summed E-state index contributed by atoms with van der Waals surface area (Å²) < 4.78 is 0. The molecule has 0 heterocycles. The number of unbranched alkanes of at least 4 members (excludes halogenated alkanes) is 1. The molecule has 0 nitrogen and oxygen atoms in total. The monoisotopic (exact) mass is 138 g/mol. The third-order valence-electron chi connectivity index (χ3n) is 2.22. The Hall–Kier alpha value is -0.260. The lowest BCUT2D eigenvalue weighted by Crippen LogP contribution is -1.74. The molecule has 1 rings (SSSR count). The molecule has 0 spiro atoms. The lowest BCUT2D eigenvalue weighted by atomic mass is 10.2. The van der Waals surface area contributed by atoms with E-state index in [9.17, 15) is 0 Å². The number of hydrogen-bond acceptors (Lipinski definition) is 0. The Labute approximate surface area is 64.3 Å². The van der Waals surface area contributed by atoms with Gasteiger partial charge in [0.15, 0.2) is 0 Å². The van der Waals surface area contributed by atoms with E-state index < -0.39 is 0 Å². The van der Waals surface area contributed by atoms with Gasteiger partial charge in [0.2, 0.25) is 0 Å². The predicted molar refractivity (Wildman–Crippen MR) is 46.0 cm³/mol. The van der Waals surface area contributed by atoms with Crippen LogP contribution in [-0.4, -0.2) is 0 Å². The average Bonchev–Trinajstić information content (AvgIpc) is 2.65. The zero-order valence-electron chi connectivity index (χ0n) is 7.19. The fraction of sp³-hybridized carbons (Fsp3) is 0.800. The van der Waals surface area contributed by atoms with Gasteiger partial charge in [-0.05, 0) is 25.2 Å². The molecule has 1 saturated carbocycles. The first-order valence-corrected chi connectivity index (χ1v) is 4.57. The molecule has 10 heavy (non-hydrogen) atoms. The third-order valence-corrected chi connectivity index (χ3v) is 2.22. The highest BCUT2D eigenvalue weighted by molar-refractivity contribution is 5.22. The minimum absolute atomic E-state index is 1.000. The normalized spacial score (nSPS) is 27.4. The molecule has 58 valence electrons. The van der Waals surface area contributed by atoms with E-state index in [-0.39, 0.29) is 0 Å². The summed E-state index contributed by atoms with van der Waals surface area (Å²) in [4.78, 5) is 0. The Morgan fingerprint density at radius 3 is 2.90 bits per heavy atom. The zero-order chi connectivity index (χ0) is 7.40. The van der Waals surface area contributed by atoms with Crippen molar-refractivity contribution in [2.24, 2.45) is 5.92 Å². The maximum atomic E-state index is 2.40. The Kier molecular flexibility index (Phi) is 2.98. The second-order valence-corrected chi connectivity index (χ2v) is 3.23. The van der Waals surface area contributed by atoms with E-state index in [1.807, 2.05) is 0 Å². The van der Waals surface area contributed by atoms with Gasteiger partial charge in [0.25, 0.3) is 0 Å². The molecular weight excluding hydrogens is 120 g/mol. The highest BCUT2D eigenvalue weighted by Crippen LogP contribution is 2.41.